The Bertz CT molecular complexity index is 1290. The second kappa shape index (κ2) is 12.2. The fraction of sp³-hybridized carbons (Fsp3) is 0.304. The molecule has 0 radical (unpaired) electrons. The van der Waals surface area contributed by atoms with E-state index in [9.17, 15) is 24.0 Å². The van der Waals surface area contributed by atoms with E-state index in [0.717, 1.165) is 0 Å². The van der Waals surface area contributed by atoms with Gasteiger partial charge in [-0.3, -0.25) is 24.2 Å². The van der Waals surface area contributed by atoms with Crippen molar-refractivity contribution >= 4 is 59.3 Å². The van der Waals surface area contributed by atoms with Crippen molar-refractivity contribution in [2.75, 3.05) is 24.1 Å². The van der Waals surface area contributed by atoms with Crippen LogP contribution in [0.25, 0.3) is 0 Å². The summed E-state index contributed by atoms with van der Waals surface area (Å²) < 4.78 is 0. The van der Waals surface area contributed by atoms with Crippen LogP contribution in [0.5, 0.6) is 0 Å². The van der Waals surface area contributed by atoms with Crippen molar-refractivity contribution in [3.8, 4) is 0 Å². The third kappa shape index (κ3) is 7.30. The average molecular weight is 511 g/mol. The molecule has 0 aliphatic carbocycles. The van der Waals surface area contributed by atoms with E-state index in [2.05, 4.69) is 37.3 Å². The summed E-state index contributed by atoms with van der Waals surface area (Å²) in [5, 5.41) is 6.31. The van der Waals surface area contributed by atoms with Crippen LogP contribution in [0.3, 0.4) is 0 Å². The first-order valence-corrected chi connectivity index (χ1v) is 11.3. The molecule has 1 saturated heterocycles. The van der Waals surface area contributed by atoms with Crippen LogP contribution in [-0.4, -0.2) is 64.2 Å². The largest absolute Gasteiger partial charge is 0.380 e. The normalized spacial score (nSPS) is 13.4. The predicted molar refractivity (Wildman–Crippen MR) is 135 cm³/mol. The summed E-state index contributed by atoms with van der Waals surface area (Å²) in [6.45, 7) is 5.59. The van der Waals surface area contributed by atoms with Crippen molar-refractivity contribution in [2.45, 2.75) is 32.6 Å². The van der Waals surface area contributed by atoms with Crippen molar-refractivity contribution in [1.29, 1.82) is 0 Å². The molecular weight excluding hydrogens is 484 g/mol. The number of H-pyrrole nitrogens is 1. The third-order valence-electron chi connectivity index (χ3n) is 5.08. The Morgan fingerprint density at radius 1 is 1.19 bits per heavy atom. The smallest absolute Gasteiger partial charge is 0.333 e. The zero-order valence-electron chi connectivity index (χ0n) is 20.1. The topological polar surface area (TPSA) is 201 Å². The highest BCUT2D eigenvalue weighted by Gasteiger charge is 2.32. The number of carbonyl (C=O) groups is 4. The summed E-state index contributed by atoms with van der Waals surface area (Å²) in [6.07, 6.45) is 0.263. The number of nitrogens with zero attached hydrogens (tertiary/aromatic N) is 4. The molecule has 0 atom stereocenters. The Kier molecular flexibility index (Phi) is 8.81. The molecule has 1 fully saturated rings. The van der Waals surface area contributed by atoms with Crippen molar-refractivity contribution in [1.82, 2.24) is 20.3 Å². The Morgan fingerprint density at radius 2 is 1.86 bits per heavy atom. The molecule has 1 aliphatic heterocycles. The number of anilines is 2. The zero-order chi connectivity index (χ0) is 26.9. The van der Waals surface area contributed by atoms with Gasteiger partial charge in [0.15, 0.2) is 11.5 Å². The number of carbonyl (C=O) groups excluding carboxylic acids is 4. The third-order valence-corrected chi connectivity index (χ3v) is 5.08. The second-order valence-electron chi connectivity index (χ2n) is 7.96. The number of benzene rings is 1. The summed E-state index contributed by atoms with van der Waals surface area (Å²) in [5.74, 6) is -2.18. The standard InChI is InChI=1S/C23H26N8O6/c1-13(28-19-20(25-2)29-23(24)30-22(19)36)12-27-15-7-5-14(6-8-15)21(35)26-11-3-4-18(34)37-31-16(32)9-10-17(31)33/h5-8,27H,2-4,9-12H2,1H3,(H,26,35)(H3,24,29,30,36). The van der Waals surface area contributed by atoms with Gasteiger partial charge in [-0.15, -0.1) is 5.06 Å². The lowest BCUT2D eigenvalue weighted by molar-refractivity contribution is -0.197. The summed E-state index contributed by atoms with van der Waals surface area (Å²) in [6, 6.07) is 6.66. The average Bonchev–Trinajstić information content (AvgIpc) is 3.19. The minimum atomic E-state index is -0.721. The van der Waals surface area contributed by atoms with Gasteiger partial charge in [0.1, 0.15) is 0 Å². The monoisotopic (exact) mass is 510 g/mol. The lowest BCUT2D eigenvalue weighted by atomic mass is 10.2. The van der Waals surface area contributed by atoms with Crippen molar-refractivity contribution in [2.24, 2.45) is 9.98 Å². The molecule has 5 N–H and O–H groups in total. The lowest BCUT2D eigenvalue weighted by Crippen LogP contribution is -2.32. The quantitative estimate of drug-likeness (QED) is 0.193. The zero-order valence-corrected chi connectivity index (χ0v) is 20.1. The number of nitrogens with one attached hydrogen (secondary N) is 3. The second-order valence-corrected chi connectivity index (χ2v) is 7.96. The molecule has 194 valence electrons. The molecule has 3 amide bonds. The van der Waals surface area contributed by atoms with E-state index in [0.29, 0.717) is 28.6 Å². The van der Waals surface area contributed by atoms with E-state index >= 15 is 0 Å². The van der Waals surface area contributed by atoms with Gasteiger partial charge in [-0.25, -0.2) is 14.8 Å². The van der Waals surface area contributed by atoms with Gasteiger partial charge in [0, 0.05) is 42.8 Å². The first-order chi connectivity index (χ1) is 17.7. The number of amides is 3. The summed E-state index contributed by atoms with van der Waals surface area (Å²) in [4.78, 5) is 78.0. The van der Waals surface area contributed by atoms with Gasteiger partial charge in [-0.1, -0.05) is 0 Å². The van der Waals surface area contributed by atoms with Crippen LogP contribution in [0.1, 0.15) is 43.0 Å². The van der Waals surface area contributed by atoms with Crippen molar-refractivity contribution < 1.29 is 24.0 Å². The number of nitrogen functional groups attached to an aromatic ring is 1. The lowest BCUT2D eigenvalue weighted by Gasteiger charge is -2.12. The molecule has 14 nitrogen and oxygen atoms in total. The number of aromatic nitrogens is 2. The van der Waals surface area contributed by atoms with Gasteiger partial charge in [-0.2, -0.15) is 4.98 Å². The minimum absolute atomic E-state index is 0.00167. The molecule has 37 heavy (non-hydrogen) atoms. The summed E-state index contributed by atoms with van der Waals surface area (Å²) in [7, 11) is 0. The van der Waals surface area contributed by atoms with Gasteiger partial charge in [-0.05, 0) is 44.3 Å². The molecule has 1 aromatic heterocycles. The molecule has 0 saturated carbocycles. The van der Waals surface area contributed by atoms with E-state index < -0.39 is 23.3 Å². The van der Waals surface area contributed by atoms with Crippen LogP contribution >= 0.6 is 0 Å². The van der Waals surface area contributed by atoms with Crippen LogP contribution in [0.4, 0.5) is 23.1 Å². The predicted octanol–water partition coefficient (Wildman–Crippen LogP) is 1.01. The van der Waals surface area contributed by atoms with Gasteiger partial charge in [0.05, 0.1) is 6.54 Å². The van der Waals surface area contributed by atoms with Crippen LogP contribution in [0.15, 0.2) is 39.0 Å². The van der Waals surface area contributed by atoms with E-state index in [-0.39, 0.29) is 55.6 Å². The fourth-order valence-electron chi connectivity index (χ4n) is 3.22. The fourth-order valence-corrected chi connectivity index (χ4v) is 3.22. The number of aromatic amines is 1. The van der Waals surface area contributed by atoms with Gasteiger partial charge in [0.2, 0.25) is 5.95 Å². The number of hydroxylamine groups is 2. The molecular formula is C23H26N8O6. The Hall–Kier alpha value is -4.88. The molecule has 14 heteroatoms. The van der Waals surface area contributed by atoms with Crippen molar-refractivity contribution in [3.63, 3.8) is 0 Å². The Morgan fingerprint density at radius 3 is 2.51 bits per heavy atom. The molecule has 2 aromatic rings. The molecule has 1 aliphatic rings. The van der Waals surface area contributed by atoms with Gasteiger partial charge >= 0.3 is 5.97 Å². The van der Waals surface area contributed by atoms with Gasteiger partial charge < -0.3 is 21.2 Å². The maximum Gasteiger partial charge on any atom is 0.333 e. The van der Waals surface area contributed by atoms with Crippen LogP contribution < -0.4 is 21.9 Å². The van der Waals surface area contributed by atoms with Crippen LogP contribution in [0, 0.1) is 0 Å². The number of aliphatic imine (C=N–C) groups is 2. The highest BCUT2D eigenvalue weighted by Crippen LogP contribution is 2.21. The minimum Gasteiger partial charge on any atom is -0.380 e. The molecule has 2 heterocycles. The first kappa shape index (κ1) is 26.7. The first-order valence-electron chi connectivity index (χ1n) is 11.3. The van der Waals surface area contributed by atoms with Crippen LogP contribution in [0.2, 0.25) is 0 Å². The van der Waals surface area contributed by atoms with Gasteiger partial charge in [0.25, 0.3) is 23.3 Å². The molecule has 0 unspecified atom stereocenters. The number of nitrogens with two attached hydrogens (primary N) is 1. The maximum atomic E-state index is 12.3. The van der Waals surface area contributed by atoms with E-state index in [1.807, 2.05) is 0 Å². The van der Waals surface area contributed by atoms with E-state index in [1.54, 1.807) is 31.2 Å². The SMILES string of the molecule is C=Nc1nc(N)[nH]c(=O)c1N=C(C)CNc1ccc(C(=O)NCCCC(=O)ON2C(=O)CCC2=O)cc1. The van der Waals surface area contributed by atoms with E-state index in [1.165, 1.54) is 0 Å². The molecule has 0 bridgehead atoms. The Labute approximate surface area is 211 Å². The highest BCUT2D eigenvalue weighted by molar-refractivity contribution is 6.01. The van der Waals surface area contributed by atoms with Crippen molar-refractivity contribution in [3.05, 3.63) is 40.2 Å². The number of imide groups is 1. The van der Waals surface area contributed by atoms with E-state index in [4.69, 9.17) is 10.6 Å². The number of hydrogen-bond donors (Lipinski definition) is 4. The Balaban J connectivity index is 1.43. The number of hydrogen-bond acceptors (Lipinski definition) is 11. The molecule has 0 spiro atoms. The maximum absolute atomic E-state index is 12.3. The molecule has 1 aromatic carbocycles. The summed E-state index contributed by atoms with van der Waals surface area (Å²) in [5.41, 5.74) is 6.67. The number of rotatable bonds is 11. The molecule has 3 rings (SSSR count). The summed E-state index contributed by atoms with van der Waals surface area (Å²) >= 11 is 0. The highest BCUT2D eigenvalue weighted by atomic mass is 16.7. The van der Waals surface area contributed by atoms with Crippen LogP contribution in [-0.2, 0) is 19.2 Å².